The third-order valence-corrected chi connectivity index (χ3v) is 6.38. The Balaban J connectivity index is 1.28. The first-order valence-corrected chi connectivity index (χ1v) is 12.2. The van der Waals surface area contributed by atoms with Crippen molar-refractivity contribution >= 4 is 40.0 Å². The SMILES string of the molecule is Cc1ccc(C(C)C)c(OCc2cn(CCCCN3C(=O)C(=O)c4cc(I)ccc43)nn2)c1. The summed E-state index contributed by atoms with van der Waals surface area (Å²) in [7, 11) is 0. The van der Waals surface area contributed by atoms with E-state index in [1.807, 2.05) is 18.3 Å². The molecule has 1 aliphatic rings. The van der Waals surface area contributed by atoms with Gasteiger partial charge in [-0.1, -0.05) is 31.2 Å². The Kier molecular flexibility index (Phi) is 7.11. The van der Waals surface area contributed by atoms with Gasteiger partial charge in [0.05, 0.1) is 17.4 Å². The number of carbonyl (C=O) groups excluding carboxylic acids is 2. The number of carbonyl (C=O) groups is 2. The fourth-order valence-corrected chi connectivity index (χ4v) is 4.44. The van der Waals surface area contributed by atoms with Crippen molar-refractivity contribution in [3.63, 3.8) is 0 Å². The summed E-state index contributed by atoms with van der Waals surface area (Å²) in [5.74, 6) is 0.409. The second-order valence-corrected chi connectivity index (χ2v) is 9.86. The molecule has 0 bridgehead atoms. The first-order valence-electron chi connectivity index (χ1n) is 11.1. The lowest BCUT2D eigenvalue weighted by Gasteiger charge is -2.16. The van der Waals surface area contributed by atoms with Crippen LogP contribution < -0.4 is 9.64 Å². The monoisotopic (exact) mass is 558 g/mol. The highest BCUT2D eigenvalue weighted by Gasteiger charge is 2.35. The maximum absolute atomic E-state index is 12.3. The van der Waals surface area contributed by atoms with Crippen LogP contribution in [0, 0.1) is 10.5 Å². The number of hydrogen-bond acceptors (Lipinski definition) is 5. The molecule has 0 saturated carbocycles. The van der Waals surface area contributed by atoms with Gasteiger partial charge < -0.3 is 9.64 Å². The van der Waals surface area contributed by atoms with E-state index in [4.69, 9.17) is 4.74 Å². The number of hydrogen-bond donors (Lipinski definition) is 0. The lowest BCUT2D eigenvalue weighted by atomic mass is 10.0. The van der Waals surface area contributed by atoms with E-state index < -0.39 is 11.7 Å². The Bertz CT molecular complexity index is 1190. The van der Waals surface area contributed by atoms with Crippen molar-refractivity contribution < 1.29 is 14.3 Å². The quantitative estimate of drug-likeness (QED) is 0.212. The Morgan fingerprint density at radius 2 is 1.85 bits per heavy atom. The molecule has 0 aliphatic carbocycles. The minimum absolute atomic E-state index is 0.364. The number of rotatable bonds is 9. The number of anilines is 1. The highest BCUT2D eigenvalue weighted by molar-refractivity contribution is 14.1. The zero-order valence-electron chi connectivity index (χ0n) is 19.0. The first kappa shape index (κ1) is 23.4. The van der Waals surface area contributed by atoms with Gasteiger partial charge in [-0.3, -0.25) is 14.3 Å². The number of nitrogens with zero attached hydrogens (tertiary/aromatic N) is 4. The predicted molar refractivity (Wildman–Crippen MR) is 135 cm³/mol. The summed E-state index contributed by atoms with van der Waals surface area (Å²) in [5.41, 5.74) is 4.33. The van der Waals surface area contributed by atoms with E-state index in [2.05, 4.69) is 71.9 Å². The first-order chi connectivity index (χ1) is 15.8. The molecular formula is C25H27IN4O3. The number of benzene rings is 2. The van der Waals surface area contributed by atoms with Gasteiger partial charge in [0.15, 0.2) is 0 Å². The number of aromatic nitrogens is 3. The summed E-state index contributed by atoms with van der Waals surface area (Å²) in [4.78, 5) is 26.2. The fourth-order valence-electron chi connectivity index (χ4n) is 3.95. The number of halogens is 1. The Morgan fingerprint density at radius 1 is 1.06 bits per heavy atom. The van der Waals surface area contributed by atoms with Crippen molar-refractivity contribution in [2.75, 3.05) is 11.4 Å². The van der Waals surface area contributed by atoms with Gasteiger partial charge in [0, 0.05) is 16.7 Å². The van der Waals surface area contributed by atoms with Crippen molar-refractivity contribution in [3.05, 3.63) is 68.5 Å². The van der Waals surface area contributed by atoms with Crippen molar-refractivity contribution in [2.45, 2.75) is 52.7 Å². The van der Waals surface area contributed by atoms with Gasteiger partial charge in [-0.25, -0.2) is 0 Å². The van der Waals surface area contributed by atoms with Crippen molar-refractivity contribution in [3.8, 4) is 5.75 Å². The molecule has 0 radical (unpaired) electrons. The van der Waals surface area contributed by atoms with E-state index in [1.165, 1.54) is 5.56 Å². The molecule has 3 aromatic rings. The van der Waals surface area contributed by atoms with E-state index in [1.54, 1.807) is 15.6 Å². The van der Waals surface area contributed by atoms with Crippen LogP contribution in [-0.4, -0.2) is 33.2 Å². The van der Waals surface area contributed by atoms with Gasteiger partial charge in [0.25, 0.3) is 11.7 Å². The molecule has 8 heteroatoms. The van der Waals surface area contributed by atoms with Gasteiger partial charge in [-0.05, 0) is 83.7 Å². The normalized spacial score (nSPS) is 13.2. The second-order valence-electron chi connectivity index (χ2n) is 8.61. The number of aryl methyl sites for hydroxylation is 2. The lowest BCUT2D eigenvalue weighted by Crippen LogP contribution is -2.30. The van der Waals surface area contributed by atoms with E-state index >= 15 is 0 Å². The standard InChI is InChI=1S/C25H27IN4O3/c1-16(2)20-8-6-17(3)12-23(20)33-15-19-14-29(28-27-19)10-4-5-11-30-22-9-7-18(26)13-21(22)24(31)25(30)32/h6-9,12-14,16H,4-5,10-11,15H2,1-3H3. The summed E-state index contributed by atoms with van der Waals surface area (Å²) in [6.07, 6.45) is 3.47. The largest absolute Gasteiger partial charge is 0.487 e. The van der Waals surface area contributed by atoms with Crippen LogP contribution in [0.1, 0.15) is 59.8 Å². The van der Waals surface area contributed by atoms with E-state index in [0.29, 0.717) is 36.9 Å². The summed E-state index contributed by atoms with van der Waals surface area (Å²) >= 11 is 2.15. The van der Waals surface area contributed by atoms with Gasteiger partial charge in [-0.15, -0.1) is 5.10 Å². The zero-order chi connectivity index (χ0) is 23.5. The number of unbranched alkanes of at least 4 members (excludes halogenated alkanes) is 1. The number of ketones is 1. The molecular weight excluding hydrogens is 531 g/mol. The van der Waals surface area contributed by atoms with Crippen LogP contribution in [-0.2, 0) is 17.9 Å². The maximum atomic E-state index is 12.3. The molecule has 33 heavy (non-hydrogen) atoms. The van der Waals surface area contributed by atoms with E-state index in [0.717, 1.165) is 33.4 Å². The molecule has 2 heterocycles. The average Bonchev–Trinajstić information content (AvgIpc) is 3.33. The van der Waals surface area contributed by atoms with Crippen LogP contribution >= 0.6 is 22.6 Å². The minimum atomic E-state index is -0.441. The van der Waals surface area contributed by atoms with Gasteiger partial charge in [-0.2, -0.15) is 0 Å². The van der Waals surface area contributed by atoms with Crippen LogP contribution in [0.15, 0.2) is 42.6 Å². The van der Waals surface area contributed by atoms with Crippen LogP contribution in [0.3, 0.4) is 0 Å². The maximum Gasteiger partial charge on any atom is 0.299 e. The highest BCUT2D eigenvalue weighted by atomic mass is 127. The van der Waals surface area contributed by atoms with Crippen LogP contribution in [0.5, 0.6) is 5.75 Å². The van der Waals surface area contributed by atoms with Crippen LogP contribution in [0.25, 0.3) is 0 Å². The van der Waals surface area contributed by atoms with E-state index in [9.17, 15) is 9.59 Å². The van der Waals surface area contributed by atoms with Gasteiger partial charge in [0.1, 0.15) is 18.1 Å². The highest BCUT2D eigenvalue weighted by Crippen LogP contribution is 2.30. The van der Waals surface area contributed by atoms with Crippen LogP contribution in [0.4, 0.5) is 5.69 Å². The van der Waals surface area contributed by atoms with Crippen molar-refractivity contribution in [2.24, 2.45) is 0 Å². The molecule has 0 saturated heterocycles. The minimum Gasteiger partial charge on any atom is -0.487 e. The summed E-state index contributed by atoms with van der Waals surface area (Å²) in [6.45, 7) is 7.91. The lowest BCUT2D eigenvalue weighted by molar-refractivity contribution is -0.114. The molecule has 0 fully saturated rings. The topological polar surface area (TPSA) is 77.3 Å². The average molecular weight is 558 g/mol. The van der Waals surface area contributed by atoms with Crippen LogP contribution in [0.2, 0.25) is 0 Å². The predicted octanol–water partition coefficient (Wildman–Crippen LogP) is 4.90. The molecule has 4 rings (SSSR count). The number of amides is 1. The van der Waals surface area contributed by atoms with Gasteiger partial charge >= 0.3 is 0 Å². The van der Waals surface area contributed by atoms with Gasteiger partial charge in [0.2, 0.25) is 0 Å². The molecule has 0 N–H and O–H groups in total. The molecule has 0 spiro atoms. The van der Waals surface area contributed by atoms with Crippen molar-refractivity contribution in [1.82, 2.24) is 15.0 Å². The third kappa shape index (κ3) is 5.26. The Hall–Kier alpha value is -2.75. The molecule has 7 nitrogen and oxygen atoms in total. The molecule has 1 aliphatic heterocycles. The number of ether oxygens (including phenoxy) is 1. The molecule has 1 aromatic heterocycles. The molecule has 0 atom stereocenters. The van der Waals surface area contributed by atoms with Crippen molar-refractivity contribution in [1.29, 1.82) is 0 Å². The summed E-state index contributed by atoms with van der Waals surface area (Å²) in [5, 5.41) is 8.42. The molecule has 0 unspecified atom stereocenters. The Labute approximate surface area is 207 Å². The third-order valence-electron chi connectivity index (χ3n) is 5.71. The Morgan fingerprint density at radius 3 is 2.64 bits per heavy atom. The summed E-state index contributed by atoms with van der Waals surface area (Å²) in [6, 6.07) is 11.8. The second kappa shape index (κ2) is 10.0. The molecule has 172 valence electrons. The molecule has 2 aromatic carbocycles. The number of fused-ring (bicyclic) bond motifs is 1. The molecule has 1 amide bonds. The number of Topliss-reactive ketones (excluding diaryl/α,β-unsaturated/α-hetero) is 1. The fraction of sp³-hybridized carbons (Fsp3) is 0.360. The zero-order valence-corrected chi connectivity index (χ0v) is 21.2. The summed E-state index contributed by atoms with van der Waals surface area (Å²) < 4.78 is 8.79. The van der Waals surface area contributed by atoms with E-state index in [-0.39, 0.29) is 0 Å². The smallest absolute Gasteiger partial charge is 0.299 e.